The van der Waals surface area contributed by atoms with Crippen LogP contribution < -0.4 is 5.43 Å². The Morgan fingerprint density at radius 1 is 1.26 bits per heavy atom. The summed E-state index contributed by atoms with van der Waals surface area (Å²) in [6.07, 6.45) is 4.52. The number of rotatable bonds is 3. The van der Waals surface area contributed by atoms with Crippen LogP contribution in [0.5, 0.6) is 0 Å². The molecule has 1 saturated heterocycles. The van der Waals surface area contributed by atoms with Crippen LogP contribution in [0.4, 0.5) is 5.82 Å². The van der Waals surface area contributed by atoms with E-state index in [4.69, 9.17) is 11.6 Å². The van der Waals surface area contributed by atoms with Crippen LogP contribution >= 0.6 is 11.6 Å². The first kappa shape index (κ1) is 14.5. The van der Waals surface area contributed by atoms with Gasteiger partial charge in [0.1, 0.15) is 16.8 Å². The summed E-state index contributed by atoms with van der Waals surface area (Å²) < 4.78 is 0. The van der Waals surface area contributed by atoms with E-state index in [0.717, 1.165) is 23.6 Å². The number of anilines is 1. The number of hydrazine groups is 1. The van der Waals surface area contributed by atoms with Crippen LogP contribution in [-0.4, -0.2) is 27.1 Å². The van der Waals surface area contributed by atoms with Gasteiger partial charge in [-0.15, -0.1) is 0 Å². The molecule has 0 bridgehead atoms. The van der Waals surface area contributed by atoms with Gasteiger partial charge < -0.3 is 5.43 Å². The fourth-order valence-electron chi connectivity index (χ4n) is 2.56. The van der Waals surface area contributed by atoms with Gasteiger partial charge in [-0.05, 0) is 33.6 Å². The Hall–Kier alpha value is -0.870. The number of piperidine rings is 1. The van der Waals surface area contributed by atoms with Crippen molar-refractivity contribution in [3.63, 3.8) is 0 Å². The van der Waals surface area contributed by atoms with Crippen molar-refractivity contribution in [2.75, 3.05) is 5.43 Å². The summed E-state index contributed by atoms with van der Waals surface area (Å²) in [7, 11) is 0. The van der Waals surface area contributed by atoms with Gasteiger partial charge in [-0.3, -0.25) is 0 Å². The molecule has 19 heavy (non-hydrogen) atoms. The maximum absolute atomic E-state index is 6.18. The highest BCUT2D eigenvalue weighted by Gasteiger charge is 2.25. The molecule has 4 nitrogen and oxygen atoms in total. The van der Waals surface area contributed by atoms with E-state index < -0.39 is 0 Å². The van der Waals surface area contributed by atoms with E-state index in [2.05, 4.69) is 34.3 Å². The van der Waals surface area contributed by atoms with Crippen LogP contribution in [0.25, 0.3) is 0 Å². The van der Waals surface area contributed by atoms with Crippen LogP contribution in [-0.2, 0) is 6.42 Å². The second kappa shape index (κ2) is 6.06. The highest BCUT2D eigenvalue weighted by Crippen LogP contribution is 2.26. The monoisotopic (exact) mass is 282 g/mol. The fraction of sp³-hybridized carbons (Fsp3) is 0.714. The van der Waals surface area contributed by atoms with Crippen molar-refractivity contribution in [3.8, 4) is 0 Å². The standard InChI is InChI=1S/C14H23ClN4/c1-5-12-16-13(15)11(4)14(17-12)18-19-9(2)7-6-8-10(19)3/h9-10H,5-8H2,1-4H3,(H,16,17,18). The Morgan fingerprint density at radius 3 is 2.47 bits per heavy atom. The highest BCUT2D eigenvalue weighted by molar-refractivity contribution is 6.30. The summed E-state index contributed by atoms with van der Waals surface area (Å²) in [5.41, 5.74) is 4.38. The third-order valence-corrected chi connectivity index (χ3v) is 4.25. The third-order valence-electron chi connectivity index (χ3n) is 3.88. The first-order valence-corrected chi connectivity index (χ1v) is 7.48. The first-order valence-electron chi connectivity index (χ1n) is 7.11. The molecule has 0 amide bonds. The number of aryl methyl sites for hydroxylation is 1. The summed E-state index contributed by atoms with van der Waals surface area (Å²) in [6.45, 7) is 8.50. The van der Waals surface area contributed by atoms with Gasteiger partial charge in [0.25, 0.3) is 0 Å². The minimum atomic E-state index is 0.516. The van der Waals surface area contributed by atoms with Crippen molar-refractivity contribution < 1.29 is 0 Å². The van der Waals surface area contributed by atoms with Crippen molar-refractivity contribution in [1.29, 1.82) is 0 Å². The van der Waals surface area contributed by atoms with Crippen LogP contribution in [0.1, 0.15) is 51.4 Å². The van der Waals surface area contributed by atoms with Gasteiger partial charge in [0.05, 0.1) is 0 Å². The molecule has 1 aromatic heterocycles. The lowest BCUT2D eigenvalue weighted by Gasteiger charge is -2.39. The largest absolute Gasteiger partial charge is 0.302 e. The molecule has 2 rings (SSSR count). The molecule has 0 radical (unpaired) electrons. The number of halogens is 1. The number of hydrogen-bond donors (Lipinski definition) is 1. The smallest absolute Gasteiger partial charge is 0.148 e. The van der Waals surface area contributed by atoms with Crippen molar-refractivity contribution in [2.24, 2.45) is 0 Å². The zero-order valence-corrected chi connectivity index (χ0v) is 13.0. The molecule has 1 aromatic rings. The number of nitrogens with zero attached hydrogens (tertiary/aromatic N) is 3. The topological polar surface area (TPSA) is 41.1 Å². The molecular formula is C14H23ClN4. The van der Waals surface area contributed by atoms with Gasteiger partial charge in [-0.25, -0.2) is 15.0 Å². The lowest BCUT2D eigenvalue weighted by molar-refractivity contribution is 0.135. The second-order valence-corrected chi connectivity index (χ2v) is 5.76. The van der Waals surface area contributed by atoms with Crippen LogP contribution in [0.2, 0.25) is 5.15 Å². The Bertz CT molecular complexity index is 439. The molecule has 0 aromatic carbocycles. The molecule has 2 unspecified atom stereocenters. The average Bonchev–Trinajstić information content (AvgIpc) is 2.38. The number of nitrogens with one attached hydrogen (secondary N) is 1. The minimum Gasteiger partial charge on any atom is -0.302 e. The van der Waals surface area contributed by atoms with E-state index in [1.807, 2.05) is 13.8 Å². The van der Waals surface area contributed by atoms with Crippen molar-refractivity contribution in [1.82, 2.24) is 15.0 Å². The third kappa shape index (κ3) is 3.18. The van der Waals surface area contributed by atoms with E-state index in [9.17, 15) is 0 Å². The lowest BCUT2D eigenvalue weighted by Crippen LogP contribution is -2.47. The molecule has 0 spiro atoms. The average molecular weight is 283 g/mol. The molecule has 1 fully saturated rings. The van der Waals surface area contributed by atoms with Crippen molar-refractivity contribution >= 4 is 17.4 Å². The van der Waals surface area contributed by atoms with Crippen LogP contribution in [0.15, 0.2) is 0 Å². The Balaban J connectivity index is 2.24. The molecule has 5 heteroatoms. The van der Waals surface area contributed by atoms with E-state index >= 15 is 0 Å². The van der Waals surface area contributed by atoms with E-state index in [1.165, 1.54) is 19.3 Å². The molecule has 0 aliphatic carbocycles. The summed E-state index contributed by atoms with van der Waals surface area (Å²) in [4.78, 5) is 8.85. The normalized spacial score (nSPS) is 24.5. The van der Waals surface area contributed by atoms with Gasteiger partial charge in [-0.2, -0.15) is 0 Å². The second-order valence-electron chi connectivity index (χ2n) is 5.41. The molecule has 1 aliphatic rings. The van der Waals surface area contributed by atoms with Crippen molar-refractivity contribution in [2.45, 2.75) is 65.5 Å². The van der Waals surface area contributed by atoms with E-state index in [0.29, 0.717) is 17.2 Å². The predicted molar refractivity (Wildman–Crippen MR) is 79.4 cm³/mol. The Kier molecular flexibility index (Phi) is 4.63. The SMILES string of the molecule is CCc1nc(Cl)c(C)c(NN2C(C)CCCC2C)n1. The summed E-state index contributed by atoms with van der Waals surface area (Å²) in [5.74, 6) is 1.63. The zero-order chi connectivity index (χ0) is 14.0. The molecule has 2 atom stereocenters. The highest BCUT2D eigenvalue weighted by atomic mass is 35.5. The maximum Gasteiger partial charge on any atom is 0.148 e. The Labute approximate surface area is 120 Å². The molecular weight excluding hydrogens is 260 g/mol. The quantitative estimate of drug-likeness (QED) is 0.860. The first-order chi connectivity index (χ1) is 9.02. The summed E-state index contributed by atoms with van der Waals surface area (Å²) in [6, 6.07) is 1.03. The zero-order valence-electron chi connectivity index (χ0n) is 12.2. The molecule has 1 N–H and O–H groups in total. The van der Waals surface area contributed by atoms with Gasteiger partial charge in [0.2, 0.25) is 0 Å². The van der Waals surface area contributed by atoms with Gasteiger partial charge in [0, 0.05) is 24.1 Å². The van der Waals surface area contributed by atoms with Gasteiger partial charge in [-0.1, -0.05) is 24.9 Å². The summed E-state index contributed by atoms with van der Waals surface area (Å²) in [5, 5.41) is 2.85. The molecule has 2 heterocycles. The molecule has 0 saturated carbocycles. The maximum atomic E-state index is 6.18. The minimum absolute atomic E-state index is 0.516. The Morgan fingerprint density at radius 2 is 1.89 bits per heavy atom. The van der Waals surface area contributed by atoms with Crippen LogP contribution in [0.3, 0.4) is 0 Å². The summed E-state index contributed by atoms with van der Waals surface area (Å²) >= 11 is 6.18. The van der Waals surface area contributed by atoms with E-state index in [-0.39, 0.29) is 0 Å². The predicted octanol–water partition coefficient (Wildman–Crippen LogP) is 3.59. The van der Waals surface area contributed by atoms with Gasteiger partial charge in [0.15, 0.2) is 0 Å². The van der Waals surface area contributed by atoms with E-state index in [1.54, 1.807) is 0 Å². The number of aromatic nitrogens is 2. The van der Waals surface area contributed by atoms with Gasteiger partial charge >= 0.3 is 0 Å². The number of hydrogen-bond acceptors (Lipinski definition) is 4. The fourth-order valence-corrected chi connectivity index (χ4v) is 2.75. The molecule has 106 valence electrons. The van der Waals surface area contributed by atoms with Crippen molar-refractivity contribution in [3.05, 3.63) is 16.5 Å². The lowest BCUT2D eigenvalue weighted by atomic mass is 10.00. The molecule has 1 aliphatic heterocycles. The van der Waals surface area contributed by atoms with Crippen LogP contribution in [0, 0.1) is 6.92 Å².